The van der Waals surface area contributed by atoms with Crippen molar-refractivity contribution in [2.75, 3.05) is 6.54 Å². The Bertz CT molecular complexity index is 562. The van der Waals surface area contributed by atoms with Gasteiger partial charge in [-0.1, -0.05) is 26.0 Å². The Hall–Kier alpha value is -1.68. The fourth-order valence-electron chi connectivity index (χ4n) is 2.58. The highest BCUT2D eigenvalue weighted by Crippen LogP contribution is 2.21. The molecule has 0 saturated heterocycles. The van der Waals surface area contributed by atoms with Gasteiger partial charge in [-0.15, -0.1) is 0 Å². The molecule has 4 heteroatoms. The Balaban J connectivity index is 2.43. The van der Waals surface area contributed by atoms with Crippen molar-refractivity contribution in [1.82, 2.24) is 5.32 Å². The van der Waals surface area contributed by atoms with Gasteiger partial charge in [0.15, 0.2) is 5.78 Å². The molecule has 0 bridgehead atoms. The van der Waals surface area contributed by atoms with Crippen LogP contribution >= 0.6 is 0 Å². The van der Waals surface area contributed by atoms with Gasteiger partial charge in [-0.25, -0.2) is 0 Å². The van der Waals surface area contributed by atoms with E-state index in [1.807, 2.05) is 45.9 Å². The predicted octanol–water partition coefficient (Wildman–Crippen LogP) is 3.18. The van der Waals surface area contributed by atoms with E-state index in [-0.39, 0.29) is 29.9 Å². The van der Waals surface area contributed by atoms with Crippen LogP contribution in [0.3, 0.4) is 0 Å². The molecule has 0 radical (unpaired) electrons. The molecular weight excluding hydrogens is 290 g/mol. The van der Waals surface area contributed by atoms with Gasteiger partial charge < -0.3 is 10.4 Å². The second-order valence-electron chi connectivity index (χ2n) is 7.22. The number of benzene rings is 1. The number of Topliss-reactive ketones (excluding diaryl/α,β-unsaturated/α-hetero) is 1. The summed E-state index contributed by atoms with van der Waals surface area (Å²) in [7, 11) is 0. The SMILES string of the molecule is Cc1ccc(C(=O)CCC(=O)NCC(C)(C)CC(C)O)cc1C. The maximum Gasteiger partial charge on any atom is 0.220 e. The number of nitrogens with one attached hydrogen (secondary N) is 1. The molecule has 128 valence electrons. The Morgan fingerprint density at radius 1 is 1.17 bits per heavy atom. The number of rotatable bonds is 8. The number of hydrogen-bond acceptors (Lipinski definition) is 3. The van der Waals surface area contributed by atoms with Crippen LogP contribution in [0.5, 0.6) is 0 Å². The van der Waals surface area contributed by atoms with Crippen molar-refractivity contribution in [1.29, 1.82) is 0 Å². The lowest BCUT2D eigenvalue weighted by Crippen LogP contribution is -2.35. The zero-order valence-corrected chi connectivity index (χ0v) is 14.9. The van der Waals surface area contributed by atoms with E-state index in [1.165, 1.54) is 0 Å². The topological polar surface area (TPSA) is 66.4 Å². The minimum atomic E-state index is -0.395. The van der Waals surface area contributed by atoms with Crippen molar-refractivity contribution in [3.63, 3.8) is 0 Å². The van der Waals surface area contributed by atoms with Crippen LogP contribution in [-0.2, 0) is 4.79 Å². The molecule has 2 N–H and O–H groups in total. The van der Waals surface area contributed by atoms with Crippen LogP contribution in [0, 0.1) is 19.3 Å². The number of carbonyl (C=O) groups excluding carboxylic acids is 2. The number of carbonyl (C=O) groups is 2. The lowest BCUT2D eigenvalue weighted by molar-refractivity contribution is -0.121. The minimum absolute atomic E-state index is 0.00788. The molecule has 1 unspecified atom stereocenters. The molecule has 0 aliphatic rings. The van der Waals surface area contributed by atoms with Crippen molar-refractivity contribution in [2.45, 2.75) is 60.0 Å². The smallest absolute Gasteiger partial charge is 0.220 e. The Labute approximate surface area is 139 Å². The highest BCUT2D eigenvalue weighted by atomic mass is 16.3. The van der Waals surface area contributed by atoms with Gasteiger partial charge in [-0.3, -0.25) is 9.59 Å². The standard InChI is InChI=1S/C19H29NO3/c1-13-6-7-16(10-14(13)2)17(22)8-9-18(23)20-12-19(4,5)11-15(3)21/h6-7,10,15,21H,8-9,11-12H2,1-5H3,(H,20,23). The summed E-state index contributed by atoms with van der Waals surface area (Å²) in [6.07, 6.45) is 0.629. The largest absolute Gasteiger partial charge is 0.393 e. The third kappa shape index (κ3) is 6.95. The fraction of sp³-hybridized carbons (Fsp3) is 0.579. The summed E-state index contributed by atoms with van der Waals surface area (Å²) in [5.74, 6) is -0.132. The summed E-state index contributed by atoms with van der Waals surface area (Å²) in [6, 6.07) is 5.62. The number of hydrogen-bond donors (Lipinski definition) is 2. The van der Waals surface area contributed by atoms with Gasteiger partial charge >= 0.3 is 0 Å². The lowest BCUT2D eigenvalue weighted by Gasteiger charge is -2.26. The molecule has 0 aromatic heterocycles. The van der Waals surface area contributed by atoms with Gasteiger partial charge in [-0.2, -0.15) is 0 Å². The summed E-state index contributed by atoms with van der Waals surface area (Å²) in [4.78, 5) is 24.1. The number of aliphatic hydroxyl groups excluding tert-OH is 1. The van der Waals surface area contributed by atoms with E-state index in [2.05, 4.69) is 5.32 Å². The summed E-state index contributed by atoms with van der Waals surface area (Å²) in [5, 5.41) is 12.3. The Kier molecular flexibility index (Phi) is 6.95. The van der Waals surface area contributed by atoms with Crippen LogP contribution in [0.4, 0.5) is 0 Å². The van der Waals surface area contributed by atoms with Crippen molar-refractivity contribution >= 4 is 11.7 Å². The first-order valence-electron chi connectivity index (χ1n) is 8.16. The number of aryl methyl sites for hydroxylation is 2. The third-order valence-corrected chi connectivity index (χ3v) is 4.02. The zero-order valence-electron chi connectivity index (χ0n) is 14.9. The molecule has 1 rings (SSSR count). The van der Waals surface area contributed by atoms with E-state index in [1.54, 1.807) is 6.92 Å². The highest BCUT2D eigenvalue weighted by Gasteiger charge is 2.21. The summed E-state index contributed by atoms with van der Waals surface area (Å²) in [6.45, 7) is 10.2. The van der Waals surface area contributed by atoms with Crippen molar-refractivity contribution in [3.05, 3.63) is 34.9 Å². The summed E-state index contributed by atoms with van der Waals surface area (Å²) >= 11 is 0. The van der Waals surface area contributed by atoms with Crippen LogP contribution in [0.25, 0.3) is 0 Å². The first kappa shape index (κ1) is 19.4. The first-order valence-corrected chi connectivity index (χ1v) is 8.16. The van der Waals surface area contributed by atoms with Gasteiger partial charge in [-0.05, 0) is 49.8 Å². The molecule has 4 nitrogen and oxygen atoms in total. The van der Waals surface area contributed by atoms with Crippen molar-refractivity contribution in [2.24, 2.45) is 5.41 Å². The number of aliphatic hydroxyl groups is 1. The molecule has 0 fully saturated rings. The van der Waals surface area contributed by atoms with Crippen LogP contribution in [0.2, 0.25) is 0 Å². The maximum absolute atomic E-state index is 12.1. The molecule has 0 aliphatic carbocycles. The van der Waals surface area contributed by atoms with Gasteiger partial charge in [0.25, 0.3) is 0 Å². The Morgan fingerprint density at radius 2 is 1.83 bits per heavy atom. The quantitative estimate of drug-likeness (QED) is 0.723. The normalized spacial score (nSPS) is 12.8. The van der Waals surface area contributed by atoms with E-state index in [9.17, 15) is 14.7 Å². The number of amides is 1. The van der Waals surface area contributed by atoms with Crippen LogP contribution in [-0.4, -0.2) is 29.4 Å². The monoisotopic (exact) mass is 319 g/mol. The van der Waals surface area contributed by atoms with Gasteiger partial charge in [0.1, 0.15) is 0 Å². The lowest BCUT2D eigenvalue weighted by atomic mass is 9.87. The highest BCUT2D eigenvalue weighted by molar-refractivity contribution is 5.98. The molecular formula is C19H29NO3. The van der Waals surface area contributed by atoms with E-state index in [4.69, 9.17) is 0 Å². The fourth-order valence-corrected chi connectivity index (χ4v) is 2.58. The molecule has 1 aromatic carbocycles. The first-order chi connectivity index (χ1) is 10.6. The van der Waals surface area contributed by atoms with E-state index in [0.717, 1.165) is 11.1 Å². The molecule has 23 heavy (non-hydrogen) atoms. The molecule has 0 heterocycles. The predicted molar refractivity (Wildman–Crippen MR) is 92.6 cm³/mol. The van der Waals surface area contributed by atoms with E-state index in [0.29, 0.717) is 18.5 Å². The minimum Gasteiger partial charge on any atom is -0.393 e. The van der Waals surface area contributed by atoms with Crippen molar-refractivity contribution in [3.8, 4) is 0 Å². The van der Waals surface area contributed by atoms with Gasteiger partial charge in [0, 0.05) is 24.9 Å². The molecule has 0 spiro atoms. The second kappa shape index (κ2) is 8.25. The van der Waals surface area contributed by atoms with Crippen molar-refractivity contribution < 1.29 is 14.7 Å². The summed E-state index contributed by atoms with van der Waals surface area (Å²) < 4.78 is 0. The molecule has 0 aliphatic heterocycles. The average molecular weight is 319 g/mol. The van der Waals surface area contributed by atoms with E-state index >= 15 is 0 Å². The average Bonchev–Trinajstić information content (AvgIpc) is 2.44. The maximum atomic E-state index is 12.1. The summed E-state index contributed by atoms with van der Waals surface area (Å²) in [5.41, 5.74) is 2.73. The molecule has 1 atom stereocenters. The third-order valence-electron chi connectivity index (χ3n) is 4.02. The van der Waals surface area contributed by atoms with E-state index < -0.39 is 6.10 Å². The Morgan fingerprint density at radius 3 is 2.39 bits per heavy atom. The van der Waals surface area contributed by atoms with Gasteiger partial charge in [0.05, 0.1) is 6.10 Å². The number of ketones is 1. The van der Waals surface area contributed by atoms with Crippen LogP contribution in [0.15, 0.2) is 18.2 Å². The molecule has 1 aromatic rings. The second-order valence-corrected chi connectivity index (χ2v) is 7.22. The van der Waals surface area contributed by atoms with Gasteiger partial charge in [0.2, 0.25) is 5.91 Å². The zero-order chi connectivity index (χ0) is 17.6. The molecule has 0 saturated carbocycles. The van der Waals surface area contributed by atoms with Crippen LogP contribution in [0.1, 0.15) is 61.5 Å². The molecule has 1 amide bonds. The van der Waals surface area contributed by atoms with Crippen LogP contribution < -0.4 is 5.32 Å².